The van der Waals surface area contributed by atoms with Crippen LogP contribution in [-0.4, -0.2) is 29.5 Å². The van der Waals surface area contributed by atoms with Crippen LogP contribution in [0.1, 0.15) is 17.3 Å². The number of pyridine rings is 1. The van der Waals surface area contributed by atoms with E-state index in [1.165, 1.54) is 5.56 Å². The number of hydrogen-bond acceptors (Lipinski definition) is 3. The molecular weight excluding hydrogens is 350 g/mol. The first-order chi connectivity index (χ1) is 10.2. The number of halogens is 2. The molecule has 0 amide bonds. The van der Waals surface area contributed by atoms with Crippen LogP contribution < -0.4 is 5.32 Å². The van der Waals surface area contributed by atoms with Gasteiger partial charge in [0.15, 0.2) is 0 Å². The van der Waals surface area contributed by atoms with Gasteiger partial charge in [0.2, 0.25) is 0 Å². The quantitative estimate of drug-likeness (QED) is 0.899. The molecule has 0 aliphatic carbocycles. The summed E-state index contributed by atoms with van der Waals surface area (Å²) in [5.41, 5.74) is 2.26. The van der Waals surface area contributed by atoms with Crippen molar-refractivity contribution in [2.75, 3.05) is 19.6 Å². The molecule has 3 nitrogen and oxygen atoms in total. The molecule has 1 aliphatic heterocycles. The molecule has 1 atom stereocenters. The van der Waals surface area contributed by atoms with Gasteiger partial charge in [-0.15, -0.1) is 0 Å². The second-order valence-electron chi connectivity index (χ2n) is 5.18. The molecule has 2 heterocycles. The average Bonchev–Trinajstić information content (AvgIpc) is 2.51. The fraction of sp³-hybridized carbons (Fsp3) is 0.312. The zero-order valence-corrected chi connectivity index (χ0v) is 13.9. The molecule has 1 aliphatic rings. The second kappa shape index (κ2) is 6.88. The van der Waals surface area contributed by atoms with Crippen molar-refractivity contribution >= 4 is 27.5 Å². The standard InChI is InChI=1S/C16H17BrClN3/c17-12-5-6-13(20-9-12)11-21-8-7-19-10-16(21)14-3-1-2-4-15(14)18/h1-6,9,16,19H,7-8,10-11H2. The Morgan fingerprint density at radius 1 is 1.29 bits per heavy atom. The Morgan fingerprint density at radius 2 is 2.14 bits per heavy atom. The highest BCUT2D eigenvalue weighted by molar-refractivity contribution is 9.10. The van der Waals surface area contributed by atoms with Crippen LogP contribution in [0.4, 0.5) is 0 Å². The lowest BCUT2D eigenvalue weighted by atomic mass is 10.0. The lowest BCUT2D eigenvalue weighted by Crippen LogP contribution is -2.45. The molecule has 2 aromatic rings. The molecule has 1 saturated heterocycles. The molecule has 1 aromatic heterocycles. The third-order valence-corrected chi connectivity index (χ3v) is 4.59. The highest BCUT2D eigenvalue weighted by Crippen LogP contribution is 2.29. The minimum atomic E-state index is 0.290. The summed E-state index contributed by atoms with van der Waals surface area (Å²) in [6.45, 7) is 3.75. The SMILES string of the molecule is Clc1ccccc1C1CNCCN1Cc1ccc(Br)cn1. The predicted octanol–water partition coefficient (Wildman–Crippen LogP) is 3.64. The molecule has 0 spiro atoms. The normalized spacial score (nSPS) is 19.6. The van der Waals surface area contributed by atoms with E-state index in [-0.39, 0.29) is 6.04 Å². The molecule has 1 N–H and O–H groups in total. The first-order valence-corrected chi connectivity index (χ1v) is 8.21. The third-order valence-electron chi connectivity index (χ3n) is 3.77. The maximum Gasteiger partial charge on any atom is 0.0545 e. The van der Waals surface area contributed by atoms with E-state index in [9.17, 15) is 0 Å². The Hall–Kier alpha value is -0.940. The highest BCUT2D eigenvalue weighted by Gasteiger charge is 2.25. The number of hydrogen-bond donors (Lipinski definition) is 1. The number of rotatable bonds is 3. The molecular formula is C16H17BrClN3. The molecule has 1 fully saturated rings. The van der Waals surface area contributed by atoms with Gasteiger partial charge in [-0.25, -0.2) is 0 Å². The van der Waals surface area contributed by atoms with Crippen LogP contribution in [0.3, 0.4) is 0 Å². The summed E-state index contributed by atoms with van der Waals surface area (Å²) in [4.78, 5) is 6.92. The average molecular weight is 367 g/mol. The van der Waals surface area contributed by atoms with Crippen molar-refractivity contribution in [2.45, 2.75) is 12.6 Å². The summed E-state index contributed by atoms with van der Waals surface area (Å²) in [5.74, 6) is 0. The van der Waals surface area contributed by atoms with Gasteiger partial charge in [-0.2, -0.15) is 0 Å². The van der Waals surface area contributed by atoms with E-state index < -0.39 is 0 Å². The first-order valence-electron chi connectivity index (χ1n) is 7.03. The van der Waals surface area contributed by atoms with Gasteiger partial charge in [0.25, 0.3) is 0 Å². The van der Waals surface area contributed by atoms with E-state index in [1.807, 2.05) is 30.5 Å². The van der Waals surface area contributed by atoms with Gasteiger partial charge in [-0.3, -0.25) is 9.88 Å². The van der Waals surface area contributed by atoms with E-state index in [0.717, 1.165) is 41.4 Å². The minimum Gasteiger partial charge on any atom is -0.314 e. The molecule has 3 rings (SSSR count). The topological polar surface area (TPSA) is 28.2 Å². The number of piperazine rings is 1. The summed E-state index contributed by atoms with van der Waals surface area (Å²) in [7, 11) is 0. The molecule has 0 bridgehead atoms. The zero-order chi connectivity index (χ0) is 14.7. The molecule has 21 heavy (non-hydrogen) atoms. The Bertz CT molecular complexity index is 603. The molecule has 5 heteroatoms. The van der Waals surface area contributed by atoms with Gasteiger partial charge in [0, 0.05) is 47.9 Å². The van der Waals surface area contributed by atoms with Crippen LogP contribution in [0.2, 0.25) is 5.02 Å². The molecule has 0 saturated carbocycles. The lowest BCUT2D eigenvalue weighted by molar-refractivity contribution is 0.152. The molecule has 110 valence electrons. The third kappa shape index (κ3) is 3.64. The van der Waals surface area contributed by atoms with Crippen molar-refractivity contribution in [3.05, 3.63) is 63.3 Å². The minimum absolute atomic E-state index is 0.290. The number of nitrogens with zero attached hydrogens (tertiary/aromatic N) is 2. The van der Waals surface area contributed by atoms with Crippen molar-refractivity contribution < 1.29 is 0 Å². The van der Waals surface area contributed by atoms with E-state index >= 15 is 0 Å². The van der Waals surface area contributed by atoms with Crippen molar-refractivity contribution in [3.8, 4) is 0 Å². The maximum atomic E-state index is 6.37. The monoisotopic (exact) mass is 365 g/mol. The van der Waals surface area contributed by atoms with E-state index in [4.69, 9.17) is 11.6 Å². The largest absolute Gasteiger partial charge is 0.314 e. The highest BCUT2D eigenvalue weighted by atomic mass is 79.9. The van der Waals surface area contributed by atoms with Crippen molar-refractivity contribution in [3.63, 3.8) is 0 Å². The van der Waals surface area contributed by atoms with Gasteiger partial charge in [0.05, 0.1) is 5.69 Å². The van der Waals surface area contributed by atoms with Gasteiger partial charge in [-0.1, -0.05) is 29.8 Å². The first kappa shape index (κ1) is 15.0. The zero-order valence-electron chi connectivity index (χ0n) is 11.6. The number of benzene rings is 1. The Balaban J connectivity index is 1.81. The van der Waals surface area contributed by atoms with Crippen LogP contribution in [0.5, 0.6) is 0 Å². The van der Waals surface area contributed by atoms with Crippen molar-refractivity contribution in [1.29, 1.82) is 0 Å². The second-order valence-corrected chi connectivity index (χ2v) is 6.50. The Kier molecular flexibility index (Phi) is 4.91. The van der Waals surface area contributed by atoms with Gasteiger partial charge >= 0.3 is 0 Å². The smallest absolute Gasteiger partial charge is 0.0545 e. The van der Waals surface area contributed by atoms with E-state index in [1.54, 1.807) is 0 Å². The fourth-order valence-electron chi connectivity index (χ4n) is 2.70. The summed E-state index contributed by atoms with van der Waals surface area (Å²) in [5, 5.41) is 4.29. The summed E-state index contributed by atoms with van der Waals surface area (Å²) < 4.78 is 1.01. The van der Waals surface area contributed by atoms with Crippen LogP contribution in [0.25, 0.3) is 0 Å². The Morgan fingerprint density at radius 3 is 2.90 bits per heavy atom. The van der Waals surface area contributed by atoms with Crippen LogP contribution in [0, 0.1) is 0 Å². The Labute approximate surface area is 138 Å². The van der Waals surface area contributed by atoms with Crippen molar-refractivity contribution in [1.82, 2.24) is 15.2 Å². The van der Waals surface area contributed by atoms with Crippen LogP contribution in [-0.2, 0) is 6.54 Å². The maximum absolute atomic E-state index is 6.37. The number of nitrogens with one attached hydrogen (secondary N) is 1. The van der Waals surface area contributed by atoms with Gasteiger partial charge in [0.1, 0.15) is 0 Å². The predicted molar refractivity (Wildman–Crippen MR) is 89.4 cm³/mol. The summed E-state index contributed by atoms with van der Waals surface area (Å²) >= 11 is 9.80. The summed E-state index contributed by atoms with van der Waals surface area (Å²) in [6.07, 6.45) is 1.85. The molecule has 0 radical (unpaired) electrons. The summed E-state index contributed by atoms with van der Waals surface area (Å²) in [6, 6.07) is 12.5. The van der Waals surface area contributed by atoms with E-state index in [0.29, 0.717) is 0 Å². The fourth-order valence-corrected chi connectivity index (χ4v) is 3.19. The van der Waals surface area contributed by atoms with Crippen LogP contribution >= 0.6 is 27.5 Å². The van der Waals surface area contributed by atoms with E-state index in [2.05, 4.69) is 43.3 Å². The van der Waals surface area contributed by atoms with Gasteiger partial charge in [-0.05, 0) is 39.7 Å². The number of aromatic nitrogens is 1. The van der Waals surface area contributed by atoms with Crippen LogP contribution in [0.15, 0.2) is 47.1 Å². The van der Waals surface area contributed by atoms with Crippen molar-refractivity contribution in [2.24, 2.45) is 0 Å². The molecule has 1 aromatic carbocycles. The molecule has 1 unspecified atom stereocenters. The lowest BCUT2D eigenvalue weighted by Gasteiger charge is -2.36. The van der Waals surface area contributed by atoms with Gasteiger partial charge < -0.3 is 5.32 Å².